The topological polar surface area (TPSA) is 87.2 Å². The van der Waals surface area contributed by atoms with Gasteiger partial charge in [-0.05, 0) is 31.6 Å². The minimum Gasteiger partial charge on any atom is -0.353 e. The first-order valence-corrected chi connectivity index (χ1v) is 8.22. The van der Waals surface area contributed by atoms with Gasteiger partial charge in [-0.3, -0.25) is 19.1 Å². The largest absolute Gasteiger partial charge is 0.353 e. The van der Waals surface area contributed by atoms with E-state index in [0.717, 1.165) is 16.6 Å². The van der Waals surface area contributed by atoms with Gasteiger partial charge in [0.25, 0.3) is 5.56 Å². The summed E-state index contributed by atoms with van der Waals surface area (Å²) in [5, 5.41) is 2.85. The Kier molecular flexibility index (Phi) is 6.30. The van der Waals surface area contributed by atoms with E-state index in [0.29, 0.717) is 6.54 Å². The third-order valence-electron chi connectivity index (χ3n) is 4.10. The van der Waals surface area contributed by atoms with Gasteiger partial charge in [-0.25, -0.2) is 4.79 Å². The zero-order valence-electron chi connectivity index (χ0n) is 14.8. The summed E-state index contributed by atoms with van der Waals surface area (Å²) < 4.78 is 1.16. The van der Waals surface area contributed by atoms with Gasteiger partial charge < -0.3 is 10.2 Å². The van der Waals surface area contributed by atoms with E-state index >= 15 is 0 Å². The molecule has 1 unspecified atom stereocenters. The molecule has 2 rings (SSSR count). The van der Waals surface area contributed by atoms with Gasteiger partial charge in [-0.2, -0.15) is 0 Å². The van der Waals surface area contributed by atoms with E-state index in [4.69, 9.17) is 0 Å². The molecule has 0 fully saturated rings. The third kappa shape index (κ3) is 5.15. The van der Waals surface area contributed by atoms with Crippen LogP contribution in [0, 0.1) is 0 Å². The Bertz CT molecular complexity index is 821. The molecule has 0 saturated carbocycles. The molecular weight excluding hydrogens is 320 g/mol. The van der Waals surface area contributed by atoms with E-state index < -0.39 is 11.2 Å². The zero-order valence-corrected chi connectivity index (χ0v) is 14.8. The maximum Gasteiger partial charge on any atom is 0.328 e. The summed E-state index contributed by atoms with van der Waals surface area (Å²) >= 11 is 0. The minimum atomic E-state index is -0.595. The van der Waals surface area contributed by atoms with Crippen molar-refractivity contribution in [3.05, 3.63) is 68.5 Å². The van der Waals surface area contributed by atoms with Crippen LogP contribution in [0.5, 0.6) is 0 Å². The molecule has 0 saturated heterocycles. The molecule has 0 bridgehead atoms. The molecule has 1 aromatic carbocycles. The summed E-state index contributed by atoms with van der Waals surface area (Å²) in [4.78, 5) is 39.0. The maximum absolute atomic E-state index is 12.1. The number of carbonyl (C=O) groups excluding carboxylic acids is 1. The SMILES string of the molecule is CCc1ccc(C(CNC(=O)Cn2ccc(=O)[nH]c2=O)N(C)C)cc1. The van der Waals surface area contributed by atoms with Crippen LogP contribution in [0.1, 0.15) is 24.1 Å². The number of aromatic amines is 1. The standard InChI is InChI=1S/C18H24N4O3/c1-4-13-5-7-14(8-6-13)15(21(2)3)11-19-17(24)12-22-10-9-16(23)20-18(22)25/h5-10,15H,4,11-12H2,1-3H3,(H,19,24)(H,20,23,25). The van der Waals surface area contributed by atoms with Crippen LogP contribution in [-0.4, -0.2) is 41.0 Å². The Balaban J connectivity index is 2.01. The number of amides is 1. The average molecular weight is 344 g/mol. The van der Waals surface area contributed by atoms with Crippen molar-refractivity contribution in [2.45, 2.75) is 25.9 Å². The minimum absolute atomic E-state index is 0.0298. The quantitative estimate of drug-likeness (QED) is 0.766. The first kappa shape index (κ1) is 18.7. The molecule has 1 atom stereocenters. The summed E-state index contributed by atoms with van der Waals surface area (Å²) in [6.45, 7) is 2.40. The maximum atomic E-state index is 12.1. The molecule has 25 heavy (non-hydrogen) atoms. The first-order chi connectivity index (χ1) is 11.9. The fraction of sp³-hybridized carbons (Fsp3) is 0.389. The molecule has 2 aromatic rings. The summed E-state index contributed by atoms with van der Waals surface area (Å²) in [6, 6.07) is 9.57. The van der Waals surface area contributed by atoms with Crippen LogP contribution in [0.15, 0.2) is 46.1 Å². The number of likely N-dealkylation sites (N-methyl/N-ethyl adjacent to an activating group) is 1. The lowest BCUT2D eigenvalue weighted by molar-refractivity contribution is -0.121. The molecule has 0 aliphatic heterocycles. The van der Waals surface area contributed by atoms with Gasteiger partial charge in [-0.1, -0.05) is 31.2 Å². The van der Waals surface area contributed by atoms with E-state index in [1.54, 1.807) is 0 Å². The molecule has 1 amide bonds. The number of H-pyrrole nitrogens is 1. The number of nitrogens with one attached hydrogen (secondary N) is 2. The molecule has 0 radical (unpaired) electrons. The third-order valence-corrected chi connectivity index (χ3v) is 4.10. The first-order valence-electron chi connectivity index (χ1n) is 8.22. The molecule has 7 nitrogen and oxygen atoms in total. The highest BCUT2D eigenvalue weighted by Gasteiger charge is 2.15. The van der Waals surface area contributed by atoms with Gasteiger partial charge in [0.2, 0.25) is 5.91 Å². The van der Waals surface area contributed by atoms with Crippen LogP contribution in [-0.2, 0) is 17.8 Å². The number of carbonyl (C=O) groups is 1. The van der Waals surface area contributed by atoms with E-state index in [1.165, 1.54) is 17.8 Å². The highest BCUT2D eigenvalue weighted by atomic mass is 16.2. The second-order valence-electron chi connectivity index (χ2n) is 6.12. The number of rotatable bonds is 7. The molecule has 2 N–H and O–H groups in total. The van der Waals surface area contributed by atoms with E-state index in [1.807, 2.05) is 19.0 Å². The fourth-order valence-corrected chi connectivity index (χ4v) is 2.56. The summed E-state index contributed by atoms with van der Waals surface area (Å²) in [5.41, 5.74) is 1.30. The van der Waals surface area contributed by atoms with Crippen molar-refractivity contribution in [1.82, 2.24) is 19.8 Å². The van der Waals surface area contributed by atoms with Crippen molar-refractivity contribution in [2.75, 3.05) is 20.6 Å². The monoisotopic (exact) mass is 344 g/mol. The Labute approximate surface area is 146 Å². The lowest BCUT2D eigenvalue weighted by Crippen LogP contribution is -2.39. The van der Waals surface area contributed by atoms with Crippen LogP contribution in [0.3, 0.4) is 0 Å². The number of aromatic nitrogens is 2. The van der Waals surface area contributed by atoms with E-state index in [2.05, 4.69) is 41.5 Å². The van der Waals surface area contributed by atoms with Gasteiger partial charge in [0.05, 0.1) is 6.04 Å². The lowest BCUT2D eigenvalue weighted by atomic mass is 10.0. The number of nitrogens with zero attached hydrogens (tertiary/aromatic N) is 2. The molecular formula is C18H24N4O3. The van der Waals surface area contributed by atoms with Crippen LogP contribution < -0.4 is 16.6 Å². The van der Waals surface area contributed by atoms with Crippen molar-refractivity contribution < 1.29 is 4.79 Å². The smallest absolute Gasteiger partial charge is 0.328 e. The molecule has 0 spiro atoms. The van der Waals surface area contributed by atoms with Crippen LogP contribution >= 0.6 is 0 Å². The average Bonchev–Trinajstić information content (AvgIpc) is 2.58. The highest BCUT2D eigenvalue weighted by Crippen LogP contribution is 2.18. The predicted molar refractivity (Wildman–Crippen MR) is 96.6 cm³/mol. The van der Waals surface area contributed by atoms with Crippen LogP contribution in [0.4, 0.5) is 0 Å². The molecule has 134 valence electrons. The van der Waals surface area contributed by atoms with E-state index in [9.17, 15) is 14.4 Å². The molecule has 1 heterocycles. The highest BCUT2D eigenvalue weighted by molar-refractivity contribution is 5.75. The molecule has 1 aromatic heterocycles. The Morgan fingerprint density at radius 2 is 1.88 bits per heavy atom. The Morgan fingerprint density at radius 3 is 2.44 bits per heavy atom. The van der Waals surface area contributed by atoms with Gasteiger partial charge >= 0.3 is 5.69 Å². The summed E-state index contributed by atoms with van der Waals surface area (Å²) in [5.74, 6) is -0.286. The summed E-state index contributed by atoms with van der Waals surface area (Å²) in [7, 11) is 3.91. The lowest BCUT2D eigenvalue weighted by Gasteiger charge is -2.25. The van der Waals surface area contributed by atoms with Crippen LogP contribution in [0.2, 0.25) is 0 Å². The molecule has 7 heteroatoms. The van der Waals surface area contributed by atoms with E-state index in [-0.39, 0.29) is 18.5 Å². The van der Waals surface area contributed by atoms with Crippen molar-refractivity contribution in [2.24, 2.45) is 0 Å². The Morgan fingerprint density at radius 1 is 1.20 bits per heavy atom. The number of hydrogen-bond donors (Lipinski definition) is 2. The zero-order chi connectivity index (χ0) is 18.4. The van der Waals surface area contributed by atoms with Crippen molar-refractivity contribution >= 4 is 5.91 Å². The second-order valence-corrected chi connectivity index (χ2v) is 6.12. The second kappa shape index (κ2) is 8.43. The van der Waals surface area contributed by atoms with Gasteiger partial charge in [0.1, 0.15) is 6.54 Å². The number of hydrogen-bond acceptors (Lipinski definition) is 4. The number of aryl methyl sites for hydroxylation is 1. The van der Waals surface area contributed by atoms with Crippen molar-refractivity contribution in [3.8, 4) is 0 Å². The van der Waals surface area contributed by atoms with Crippen molar-refractivity contribution in [3.63, 3.8) is 0 Å². The fourth-order valence-electron chi connectivity index (χ4n) is 2.56. The Hall–Kier alpha value is -2.67. The normalized spacial score (nSPS) is 12.2. The molecule has 0 aliphatic rings. The van der Waals surface area contributed by atoms with Gasteiger partial charge in [0, 0.05) is 18.8 Å². The van der Waals surface area contributed by atoms with Crippen LogP contribution in [0.25, 0.3) is 0 Å². The van der Waals surface area contributed by atoms with Crippen molar-refractivity contribution in [1.29, 1.82) is 0 Å². The number of benzene rings is 1. The summed E-state index contributed by atoms with van der Waals surface area (Å²) in [6.07, 6.45) is 2.30. The van der Waals surface area contributed by atoms with Gasteiger partial charge in [0.15, 0.2) is 0 Å². The predicted octanol–water partition coefficient (Wildman–Crippen LogP) is 0.518. The van der Waals surface area contributed by atoms with Gasteiger partial charge in [-0.15, -0.1) is 0 Å². The molecule has 0 aliphatic carbocycles.